The summed E-state index contributed by atoms with van der Waals surface area (Å²) >= 11 is 0. The highest BCUT2D eigenvalue weighted by Gasteiger charge is 2.23. The van der Waals surface area contributed by atoms with Crippen molar-refractivity contribution in [1.29, 1.82) is 0 Å². The fraction of sp³-hybridized carbons (Fsp3) is 1.00. The predicted molar refractivity (Wildman–Crippen MR) is 313 cm³/mol. The molecule has 0 aliphatic carbocycles. The van der Waals surface area contributed by atoms with E-state index in [9.17, 15) is 10.2 Å². The Kier molecular flexibility index (Phi) is 43.7. The van der Waals surface area contributed by atoms with Crippen molar-refractivity contribution in [3.8, 4) is 0 Å². The molecule has 0 heterocycles. The van der Waals surface area contributed by atoms with Crippen molar-refractivity contribution >= 4 is 0 Å². The molecule has 0 fully saturated rings. The predicted octanol–water partition coefficient (Wildman–Crippen LogP) is 20.3. The Hall–Kier alpha value is -0.200. The first-order chi connectivity index (χ1) is 33.5. The average molecular weight is 1010 g/mol. The second-order valence-electron chi connectivity index (χ2n) is 27.2. The SMILES string of the molecule is CCCCCCOC(CCCC(C)CC(C)CC(C)CC(C)CC(C)CC(C)CC(C)CC(C)O)OC(CCCC(C)CC(C)CC(C)CC(C)CC(C)CC(C)CC(C)CC(C)O)OCCCCCC. The highest BCUT2D eigenvalue weighted by molar-refractivity contribution is 4.73. The molecule has 0 saturated carbocycles. The zero-order valence-electron chi connectivity index (χ0n) is 51.7. The molecule has 0 aromatic carbocycles. The molecule has 0 aliphatic rings. The molecule has 0 spiro atoms. The van der Waals surface area contributed by atoms with Crippen LogP contribution in [0.2, 0.25) is 0 Å². The number of hydrogen-bond donors (Lipinski definition) is 2. The van der Waals surface area contributed by atoms with Gasteiger partial charge in [0.05, 0.1) is 12.2 Å². The van der Waals surface area contributed by atoms with Crippen LogP contribution in [0, 0.1) is 82.9 Å². The van der Waals surface area contributed by atoms with Crippen LogP contribution in [0.1, 0.15) is 304 Å². The molecule has 5 heteroatoms. The maximum atomic E-state index is 9.80. The van der Waals surface area contributed by atoms with Crippen LogP contribution in [0.4, 0.5) is 0 Å². The van der Waals surface area contributed by atoms with Crippen LogP contribution in [0.5, 0.6) is 0 Å². The molecule has 428 valence electrons. The Labute approximate surface area is 447 Å². The van der Waals surface area contributed by atoms with E-state index in [-0.39, 0.29) is 24.8 Å². The third kappa shape index (κ3) is 43.6. The number of unbranched alkanes of at least 4 members (excludes halogenated alkanes) is 6. The van der Waals surface area contributed by atoms with Crippen molar-refractivity contribution in [2.75, 3.05) is 13.2 Å². The van der Waals surface area contributed by atoms with Crippen LogP contribution in [-0.2, 0) is 14.2 Å². The van der Waals surface area contributed by atoms with Gasteiger partial charge in [-0.15, -0.1) is 0 Å². The van der Waals surface area contributed by atoms with Gasteiger partial charge in [0.15, 0.2) is 12.6 Å². The molecule has 18 atom stereocenters. The van der Waals surface area contributed by atoms with Gasteiger partial charge in [-0.05, 0) is 225 Å². The van der Waals surface area contributed by atoms with E-state index in [0.717, 1.165) is 124 Å². The zero-order chi connectivity index (χ0) is 53.7. The van der Waals surface area contributed by atoms with Crippen molar-refractivity contribution in [1.82, 2.24) is 0 Å². The van der Waals surface area contributed by atoms with Crippen LogP contribution in [0.3, 0.4) is 0 Å². The molecular formula is C66H134O5. The van der Waals surface area contributed by atoms with Gasteiger partial charge in [0.1, 0.15) is 0 Å². The summed E-state index contributed by atoms with van der Waals surface area (Å²) in [6.45, 7) is 44.3. The summed E-state index contributed by atoms with van der Waals surface area (Å²) in [4.78, 5) is 0. The van der Waals surface area contributed by atoms with Crippen LogP contribution < -0.4 is 0 Å². The lowest BCUT2D eigenvalue weighted by molar-refractivity contribution is -0.250. The minimum absolute atomic E-state index is 0.182. The van der Waals surface area contributed by atoms with E-state index in [4.69, 9.17) is 14.2 Å². The van der Waals surface area contributed by atoms with E-state index in [0.29, 0.717) is 23.7 Å². The van der Waals surface area contributed by atoms with Gasteiger partial charge in [-0.3, -0.25) is 0 Å². The van der Waals surface area contributed by atoms with E-state index < -0.39 is 0 Å². The third-order valence-electron chi connectivity index (χ3n) is 16.3. The largest absolute Gasteiger partial charge is 0.393 e. The second kappa shape index (κ2) is 43.9. The fourth-order valence-corrected chi connectivity index (χ4v) is 14.1. The summed E-state index contributed by atoms with van der Waals surface area (Å²) in [6, 6.07) is 0. The van der Waals surface area contributed by atoms with E-state index in [1.165, 1.54) is 128 Å². The van der Waals surface area contributed by atoms with Crippen molar-refractivity contribution in [3.05, 3.63) is 0 Å². The molecule has 0 rings (SSSR count). The molecule has 5 nitrogen and oxygen atoms in total. The first kappa shape index (κ1) is 70.8. The maximum Gasteiger partial charge on any atom is 0.160 e. The molecule has 0 aromatic heterocycles. The highest BCUT2D eigenvalue weighted by atomic mass is 16.8. The van der Waals surface area contributed by atoms with E-state index in [1.54, 1.807) is 0 Å². The number of ether oxygens (including phenoxy) is 3. The summed E-state index contributed by atoms with van der Waals surface area (Å²) in [6.07, 6.45) is 33.3. The Morgan fingerprint density at radius 1 is 0.254 bits per heavy atom. The van der Waals surface area contributed by atoms with E-state index in [1.807, 2.05) is 13.8 Å². The van der Waals surface area contributed by atoms with Gasteiger partial charge >= 0.3 is 0 Å². The molecule has 0 saturated heterocycles. The monoisotopic (exact) mass is 1010 g/mol. The fourth-order valence-electron chi connectivity index (χ4n) is 14.1. The Morgan fingerprint density at radius 3 is 0.704 bits per heavy atom. The molecule has 0 bridgehead atoms. The van der Waals surface area contributed by atoms with Gasteiger partial charge < -0.3 is 24.4 Å². The molecule has 0 aliphatic heterocycles. The average Bonchev–Trinajstić information content (AvgIpc) is 3.21. The molecule has 0 radical (unpaired) electrons. The first-order valence-electron chi connectivity index (χ1n) is 31.8. The summed E-state index contributed by atoms with van der Waals surface area (Å²) in [5, 5.41) is 19.6. The van der Waals surface area contributed by atoms with Gasteiger partial charge in [0.25, 0.3) is 0 Å². The summed E-state index contributed by atoms with van der Waals surface area (Å²) in [5.41, 5.74) is 0. The normalized spacial score (nSPS) is 20.1. The smallest absolute Gasteiger partial charge is 0.160 e. The van der Waals surface area contributed by atoms with Crippen LogP contribution in [-0.4, -0.2) is 48.2 Å². The molecular weight excluding hydrogens is 873 g/mol. The molecule has 2 N–H and O–H groups in total. The molecule has 18 unspecified atom stereocenters. The maximum absolute atomic E-state index is 9.80. The topological polar surface area (TPSA) is 68.2 Å². The van der Waals surface area contributed by atoms with Gasteiger partial charge in [-0.25, -0.2) is 0 Å². The Balaban J connectivity index is 5.14. The Bertz CT molecular complexity index is 1060. The van der Waals surface area contributed by atoms with Crippen LogP contribution >= 0.6 is 0 Å². The number of aliphatic hydroxyl groups excluding tert-OH is 2. The quantitative estimate of drug-likeness (QED) is 0.0469. The standard InChI is InChI=1S/C66H134O5/c1-19-21-23-25-33-69-65(31-27-29-49(3)35-51(5)37-53(7)39-55(9)41-57(11)43-59(13)45-61(15)47-63(17)67)71-66(70-34-26-24-22-20-2)32-28-30-50(4)36-52(6)38-54(8)40-56(10)42-58(12)44-60(14)46-62(16)48-64(18)68/h49-68H,19-48H2,1-18H3. The van der Waals surface area contributed by atoms with Crippen molar-refractivity contribution in [2.45, 2.75) is 329 Å². The van der Waals surface area contributed by atoms with Crippen molar-refractivity contribution < 1.29 is 24.4 Å². The number of hydrogen-bond acceptors (Lipinski definition) is 5. The lowest BCUT2D eigenvalue weighted by Gasteiger charge is -2.27. The molecule has 71 heavy (non-hydrogen) atoms. The number of rotatable bonds is 50. The first-order valence-corrected chi connectivity index (χ1v) is 31.8. The van der Waals surface area contributed by atoms with Gasteiger partial charge in [-0.2, -0.15) is 0 Å². The third-order valence-corrected chi connectivity index (χ3v) is 16.3. The number of aliphatic hydroxyl groups is 2. The van der Waals surface area contributed by atoms with Crippen molar-refractivity contribution in [2.24, 2.45) is 82.9 Å². The summed E-state index contributed by atoms with van der Waals surface area (Å²) in [5.74, 6) is 10.3. The second-order valence-corrected chi connectivity index (χ2v) is 27.2. The highest BCUT2D eigenvalue weighted by Crippen LogP contribution is 2.33. The minimum Gasteiger partial charge on any atom is -0.393 e. The lowest BCUT2D eigenvalue weighted by atomic mass is 9.80. The van der Waals surface area contributed by atoms with Crippen LogP contribution in [0.25, 0.3) is 0 Å². The lowest BCUT2D eigenvalue weighted by Crippen LogP contribution is -2.28. The summed E-state index contributed by atoms with van der Waals surface area (Å²) < 4.78 is 20.0. The van der Waals surface area contributed by atoms with Crippen molar-refractivity contribution in [3.63, 3.8) is 0 Å². The van der Waals surface area contributed by atoms with Gasteiger partial charge in [0.2, 0.25) is 0 Å². The van der Waals surface area contributed by atoms with E-state index >= 15 is 0 Å². The zero-order valence-corrected chi connectivity index (χ0v) is 51.7. The molecule has 0 aromatic rings. The summed E-state index contributed by atoms with van der Waals surface area (Å²) in [7, 11) is 0. The minimum atomic E-state index is -0.183. The molecule has 0 amide bonds. The Morgan fingerprint density at radius 2 is 0.479 bits per heavy atom. The van der Waals surface area contributed by atoms with Gasteiger partial charge in [0, 0.05) is 13.2 Å². The van der Waals surface area contributed by atoms with E-state index in [2.05, 4.69) is 111 Å². The van der Waals surface area contributed by atoms with Gasteiger partial charge in [-0.1, -0.05) is 162 Å². The van der Waals surface area contributed by atoms with Crippen LogP contribution in [0.15, 0.2) is 0 Å².